The van der Waals surface area contributed by atoms with Crippen LogP contribution in [0.5, 0.6) is 0 Å². The number of likely N-dealkylation sites (tertiary alicyclic amines) is 1. The van der Waals surface area contributed by atoms with E-state index in [2.05, 4.69) is 41.4 Å². The van der Waals surface area contributed by atoms with Crippen LogP contribution in [0.3, 0.4) is 0 Å². The number of nitrogens with zero attached hydrogens (tertiary/aromatic N) is 1. The van der Waals surface area contributed by atoms with Crippen LogP contribution in [0.4, 0.5) is 0 Å². The van der Waals surface area contributed by atoms with Gasteiger partial charge in [-0.05, 0) is 37.4 Å². The maximum Gasteiger partial charge on any atom is 0.0208 e. The van der Waals surface area contributed by atoms with Crippen LogP contribution < -0.4 is 5.32 Å². The summed E-state index contributed by atoms with van der Waals surface area (Å²) in [4.78, 5) is 2.72. The van der Waals surface area contributed by atoms with Gasteiger partial charge in [-0.3, -0.25) is 0 Å². The van der Waals surface area contributed by atoms with Crippen LogP contribution in [0.15, 0.2) is 24.3 Å². The van der Waals surface area contributed by atoms with E-state index >= 15 is 0 Å². The minimum atomic E-state index is 0.672. The van der Waals surface area contributed by atoms with Crippen LogP contribution in [0.25, 0.3) is 0 Å². The molecule has 2 unspecified atom stereocenters. The summed E-state index contributed by atoms with van der Waals surface area (Å²) in [5, 5.41) is 3.58. The Balaban J connectivity index is 1.73. The lowest BCUT2D eigenvalue weighted by Gasteiger charge is -2.34. The highest BCUT2D eigenvalue weighted by molar-refractivity contribution is 5.32. The van der Waals surface area contributed by atoms with Crippen molar-refractivity contribution >= 4 is 0 Å². The molecule has 0 aliphatic carbocycles. The van der Waals surface area contributed by atoms with Crippen LogP contribution in [0, 0.1) is 0 Å². The van der Waals surface area contributed by atoms with Gasteiger partial charge in [-0.15, -0.1) is 0 Å². The third-order valence-corrected chi connectivity index (χ3v) is 4.85. The third kappa shape index (κ3) is 3.01. The topological polar surface area (TPSA) is 15.3 Å². The molecule has 2 aliphatic heterocycles. The van der Waals surface area contributed by atoms with Crippen molar-refractivity contribution in [2.45, 2.75) is 51.1 Å². The zero-order valence-corrected chi connectivity index (χ0v) is 12.1. The van der Waals surface area contributed by atoms with Crippen LogP contribution in [0.1, 0.15) is 49.7 Å². The number of benzene rings is 1. The molecule has 0 amide bonds. The van der Waals surface area contributed by atoms with Gasteiger partial charge in [0.15, 0.2) is 0 Å². The zero-order valence-electron chi connectivity index (χ0n) is 12.1. The first-order chi connectivity index (χ1) is 9.34. The first kappa shape index (κ1) is 13.1. The number of rotatable bonds is 2. The Morgan fingerprint density at radius 3 is 3.05 bits per heavy atom. The van der Waals surface area contributed by atoms with Crippen LogP contribution in [0.2, 0.25) is 0 Å². The fourth-order valence-corrected chi connectivity index (χ4v) is 3.64. The van der Waals surface area contributed by atoms with Crippen LogP contribution in [-0.4, -0.2) is 30.6 Å². The summed E-state index contributed by atoms with van der Waals surface area (Å²) in [7, 11) is 0. The quantitative estimate of drug-likeness (QED) is 0.876. The van der Waals surface area contributed by atoms with Gasteiger partial charge in [-0.1, -0.05) is 37.1 Å². The Labute approximate surface area is 117 Å². The summed E-state index contributed by atoms with van der Waals surface area (Å²) in [6.45, 7) is 7.11. The molecule has 104 valence electrons. The van der Waals surface area contributed by atoms with Gasteiger partial charge in [0.2, 0.25) is 0 Å². The molecular weight excluding hydrogens is 232 g/mol. The lowest BCUT2D eigenvalue weighted by molar-refractivity contribution is 0.196. The van der Waals surface area contributed by atoms with Gasteiger partial charge in [0.05, 0.1) is 0 Å². The van der Waals surface area contributed by atoms with Crippen molar-refractivity contribution in [1.82, 2.24) is 10.2 Å². The van der Waals surface area contributed by atoms with Gasteiger partial charge in [0, 0.05) is 31.6 Å². The third-order valence-electron chi connectivity index (χ3n) is 4.85. The standard InChI is InChI=1S/C17H26N2/c1-14-7-3-2-6-10-19(14)13-16-12-18-11-15-8-4-5-9-17(15)16/h4-5,8-9,14,16,18H,2-3,6-7,10-13H2,1H3. The normalized spacial score (nSPS) is 28.7. The maximum absolute atomic E-state index is 3.58. The smallest absolute Gasteiger partial charge is 0.0208 e. The lowest BCUT2D eigenvalue weighted by Crippen LogP contribution is -2.40. The van der Waals surface area contributed by atoms with E-state index in [1.165, 1.54) is 44.3 Å². The summed E-state index contributed by atoms with van der Waals surface area (Å²) in [5.74, 6) is 0.672. The highest BCUT2D eigenvalue weighted by Gasteiger charge is 2.24. The minimum absolute atomic E-state index is 0.672. The molecule has 1 N–H and O–H groups in total. The summed E-state index contributed by atoms with van der Waals surface area (Å²) < 4.78 is 0. The van der Waals surface area contributed by atoms with Gasteiger partial charge in [0.1, 0.15) is 0 Å². The molecule has 0 bridgehead atoms. The number of hydrogen-bond donors (Lipinski definition) is 1. The van der Waals surface area contributed by atoms with Crippen molar-refractivity contribution in [3.63, 3.8) is 0 Å². The van der Waals surface area contributed by atoms with Gasteiger partial charge in [-0.25, -0.2) is 0 Å². The molecule has 1 fully saturated rings. The Hall–Kier alpha value is -0.860. The van der Waals surface area contributed by atoms with Gasteiger partial charge in [0.25, 0.3) is 0 Å². The summed E-state index contributed by atoms with van der Waals surface area (Å²) in [6, 6.07) is 9.74. The molecule has 19 heavy (non-hydrogen) atoms. The molecule has 0 radical (unpaired) electrons. The maximum atomic E-state index is 3.58. The first-order valence-electron chi connectivity index (χ1n) is 7.87. The van der Waals surface area contributed by atoms with E-state index in [1.807, 2.05) is 0 Å². The lowest BCUT2D eigenvalue weighted by atomic mass is 9.90. The molecule has 2 heteroatoms. The average Bonchev–Trinajstić information content (AvgIpc) is 2.65. The van der Waals surface area contributed by atoms with Gasteiger partial charge < -0.3 is 10.2 Å². The molecule has 1 aromatic carbocycles. The average molecular weight is 258 g/mol. The number of nitrogens with one attached hydrogen (secondary N) is 1. The molecule has 2 heterocycles. The van der Waals surface area contributed by atoms with Crippen molar-refractivity contribution in [3.05, 3.63) is 35.4 Å². The monoisotopic (exact) mass is 258 g/mol. The molecule has 0 aromatic heterocycles. The second-order valence-electron chi connectivity index (χ2n) is 6.22. The predicted octanol–water partition coefficient (Wildman–Crippen LogP) is 3.14. The van der Waals surface area contributed by atoms with Crippen molar-refractivity contribution in [2.24, 2.45) is 0 Å². The van der Waals surface area contributed by atoms with E-state index in [1.54, 1.807) is 5.56 Å². The van der Waals surface area contributed by atoms with Crippen LogP contribution in [-0.2, 0) is 6.54 Å². The molecule has 2 nitrogen and oxygen atoms in total. The van der Waals surface area contributed by atoms with E-state index in [0.717, 1.165) is 19.1 Å². The van der Waals surface area contributed by atoms with Crippen molar-refractivity contribution in [1.29, 1.82) is 0 Å². The highest BCUT2D eigenvalue weighted by Crippen LogP contribution is 2.27. The van der Waals surface area contributed by atoms with E-state index in [9.17, 15) is 0 Å². The fraction of sp³-hybridized carbons (Fsp3) is 0.647. The second-order valence-corrected chi connectivity index (χ2v) is 6.22. The molecule has 3 rings (SSSR count). The fourth-order valence-electron chi connectivity index (χ4n) is 3.64. The molecule has 1 saturated heterocycles. The van der Waals surface area contributed by atoms with E-state index in [-0.39, 0.29) is 0 Å². The Morgan fingerprint density at radius 1 is 1.21 bits per heavy atom. The Bertz CT molecular complexity index is 415. The van der Waals surface area contributed by atoms with Crippen molar-refractivity contribution < 1.29 is 0 Å². The summed E-state index contributed by atoms with van der Waals surface area (Å²) >= 11 is 0. The Kier molecular flexibility index (Phi) is 4.19. The number of fused-ring (bicyclic) bond motifs is 1. The number of hydrogen-bond acceptors (Lipinski definition) is 2. The van der Waals surface area contributed by atoms with E-state index in [4.69, 9.17) is 0 Å². The van der Waals surface area contributed by atoms with Crippen molar-refractivity contribution in [2.75, 3.05) is 19.6 Å². The summed E-state index contributed by atoms with van der Waals surface area (Å²) in [5.41, 5.74) is 3.08. The zero-order chi connectivity index (χ0) is 13.1. The largest absolute Gasteiger partial charge is 0.312 e. The van der Waals surface area contributed by atoms with E-state index in [0.29, 0.717) is 5.92 Å². The van der Waals surface area contributed by atoms with Gasteiger partial charge >= 0.3 is 0 Å². The summed E-state index contributed by atoms with van der Waals surface area (Å²) in [6.07, 6.45) is 5.59. The molecule has 0 saturated carbocycles. The predicted molar refractivity (Wildman–Crippen MR) is 80.4 cm³/mol. The molecule has 1 aromatic rings. The molecule has 2 aliphatic rings. The molecule has 0 spiro atoms. The highest BCUT2D eigenvalue weighted by atomic mass is 15.2. The molecule has 2 atom stereocenters. The minimum Gasteiger partial charge on any atom is -0.312 e. The second kappa shape index (κ2) is 6.06. The molecular formula is C17H26N2. The Morgan fingerprint density at radius 2 is 2.11 bits per heavy atom. The van der Waals surface area contributed by atoms with Gasteiger partial charge in [-0.2, -0.15) is 0 Å². The first-order valence-corrected chi connectivity index (χ1v) is 7.87. The van der Waals surface area contributed by atoms with Crippen molar-refractivity contribution in [3.8, 4) is 0 Å². The van der Waals surface area contributed by atoms with E-state index < -0.39 is 0 Å². The SMILES string of the molecule is CC1CCCCCN1CC1CNCc2ccccc21. The van der Waals surface area contributed by atoms with Crippen LogP contribution >= 0.6 is 0 Å².